The molecule has 0 bridgehead atoms. The number of amides is 1. The van der Waals surface area contributed by atoms with Crippen molar-refractivity contribution in [1.29, 1.82) is 0 Å². The van der Waals surface area contributed by atoms with Gasteiger partial charge in [0.1, 0.15) is 0 Å². The van der Waals surface area contributed by atoms with Crippen LogP contribution in [0.15, 0.2) is 24.3 Å². The van der Waals surface area contributed by atoms with Crippen LogP contribution in [0.2, 0.25) is 0 Å². The molecule has 8 heteroatoms. The zero-order chi connectivity index (χ0) is 19.4. The molecule has 1 atom stereocenters. The Morgan fingerprint density at radius 2 is 1.70 bits per heavy atom. The lowest BCUT2D eigenvalue weighted by molar-refractivity contribution is -0.120. The largest absolute Gasteiger partial charge is 0.372 e. The van der Waals surface area contributed by atoms with Crippen molar-refractivity contribution in [1.82, 2.24) is 8.61 Å². The van der Waals surface area contributed by atoms with Crippen molar-refractivity contribution in [3.05, 3.63) is 24.3 Å². The Morgan fingerprint density at radius 3 is 2.33 bits per heavy atom. The summed E-state index contributed by atoms with van der Waals surface area (Å²) >= 11 is 0. The number of hydrogen-bond donors (Lipinski definition) is 1. The minimum atomic E-state index is -3.48. The number of nitrogens with zero attached hydrogens (tertiary/aromatic N) is 3. The Morgan fingerprint density at radius 1 is 1.04 bits per heavy atom. The molecule has 7 nitrogen and oxygen atoms in total. The summed E-state index contributed by atoms with van der Waals surface area (Å²) in [7, 11) is -0.443. The maximum atomic E-state index is 12.6. The third-order valence-electron chi connectivity index (χ3n) is 5.40. The maximum Gasteiger partial charge on any atom is 0.281 e. The first-order valence-electron chi connectivity index (χ1n) is 9.71. The third-order valence-corrected chi connectivity index (χ3v) is 7.31. The first-order chi connectivity index (χ1) is 12.9. The standard InChI is InChI=1S/C19H30N4O3S/c1-21(2)27(25,26)23-14-6-7-16(15-23)19(24)20-17-8-10-18(11-9-17)22-12-4-3-5-13-22/h8-11,16H,3-7,12-15H2,1-2H3,(H,20,24)/t16-/m0/s1. The molecule has 1 aromatic carbocycles. The molecule has 0 saturated carbocycles. The second-order valence-electron chi connectivity index (χ2n) is 7.57. The molecular formula is C19H30N4O3S. The van der Waals surface area contributed by atoms with Crippen LogP contribution in [0.4, 0.5) is 11.4 Å². The lowest BCUT2D eigenvalue weighted by Gasteiger charge is -2.32. The zero-order valence-electron chi connectivity index (χ0n) is 16.2. The first kappa shape index (κ1) is 20.1. The van der Waals surface area contributed by atoms with E-state index in [0.29, 0.717) is 19.4 Å². The van der Waals surface area contributed by atoms with Crippen LogP contribution in [0.25, 0.3) is 0 Å². The van der Waals surface area contributed by atoms with Crippen molar-refractivity contribution in [3.63, 3.8) is 0 Å². The van der Waals surface area contributed by atoms with Gasteiger partial charge in [0.2, 0.25) is 5.91 Å². The van der Waals surface area contributed by atoms with E-state index in [2.05, 4.69) is 10.2 Å². The molecule has 1 N–H and O–H groups in total. The summed E-state index contributed by atoms with van der Waals surface area (Å²) in [6.45, 7) is 2.88. The van der Waals surface area contributed by atoms with E-state index in [9.17, 15) is 13.2 Å². The van der Waals surface area contributed by atoms with E-state index in [1.54, 1.807) is 0 Å². The predicted octanol–water partition coefficient (Wildman–Crippen LogP) is 2.13. The number of carbonyl (C=O) groups is 1. The molecule has 150 valence electrons. The summed E-state index contributed by atoms with van der Waals surface area (Å²) in [5, 5.41) is 2.95. The van der Waals surface area contributed by atoms with Crippen molar-refractivity contribution in [2.45, 2.75) is 32.1 Å². The van der Waals surface area contributed by atoms with Crippen molar-refractivity contribution >= 4 is 27.5 Å². The van der Waals surface area contributed by atoms with Crippen molar-refractivity contribution in [2.75, 3.05) is 50.5 Å². The van der Waals surface area contributed by atoms with Gasteiger partial charge < -0.3 is 10.2 Å². The van der Waals surface area contributed by atoms with Gasteiger partial charge >= 0.3 is 0 Å². The Bertz CT molecular complexity index is 743. The van der Waals surface area contributed by atoms with E-state index in [-0.39, 0.29) is 18.4 Å². The van der Waals surface area contributed by atoms with Crippen LogP contribution in [0.5, 0.6) is 0 Å². The van der Waals surface area contributed by atoms with Crippen LogP contribution >= 0.6 is 0 Å². The van der Waals surface area contributed by atoms with Crippen molar-refractivity contribution < 1.29 is 13.2 Å². The Hall–Kier alpha value is -1.64. The number of carbonyl (C=O) groups excluding carboxylic acids is 1. The lowest BCUT2D eigenvalue weighted by Crippen LogP contribution is -2.47. The zero-order valence-corrected chi connectivity index (χ0v) is 17.0. The van der Waals surface area contributed by atoms with Gasteiger partial charge in [-0.1, -0.05) is 0 Å². The molecule has 0 aliphatic carbocycles. The molecule has 27 heavy (non-hydrogen) atoms. The monoisotopic (exact) mass is 394 g/mol. The molecule has 0 radical (unpaired) electrons. The highest BCUT2D eigenvalue weighted by Crippen LogP contribution is 2.24. The minimum absolute atomic E-state index is 0.112. The molecule has 0 aromatic heterocycles. The Labute approximate surface area is 162 Å². The van der Waals surface area contributed by atoms with Crippen molar-refractivity contribution in [2.24, 2.45) is 5.92 Å². The highest BCUT2D eigenvalue weighted by atomic mass is 32.2. The summed E-state index contributed by atoms with van der Waals surface area (Å²) in [5.74, 6) is -0.436. The number of nitrogens with one attached hydrogen (secondary N) is 1. The minimum Gasteiger partial charge on any atom is -0.372 e. The third kappa shape index (κ3) is 4.80. The van der Waals surface area contributed by atoms with Gasteiger partial charge in [0, 0.05) is 51.6 Å². The molecule has 2 aliphatic rings. The topological polar surface area (TPSA) is 73.0 Å². The fraction of sp³-hybridized carbons (Fsp3) is 0.632. The summed E-state index contributed by atoms with van der Waals surface area (Å²) in [6, 6.07) is 7.95. The molecule has 0 unspecified atom stereocenters. The highest BCUT2D eigenvalue weighted by Gasteiger charge is 2.33. The quantitative estimate of drug-likeness (QED) is 0.830. The van der Waals surface area contributed by atoms with Gasteiger partial charge in [-0.2, -0.15) is 17.0 Å². The maximum absolute atomic E-state index is 12.6. The van der Waals surface area contributed by atoms with Crippen LogP contribution in [0, 0.1) is 5.92 Å². The van der Waals surface area contributed by atoms with Gasteiger partial charge in [-0.3, -0.25) is 4.79 Å². The smallest absolute Gasteiger partial charge is 0.281 e. The SMILES string of the molecule is CN(C)S(=O)(=O)N1CCC[C@H](C(=O)Nc2ccc(N3CCCCC3)cc2)C1. The summed E-state index contributed by atoms with van der Waals surface area (Å²) in [5.41, 5.74) is 1.95. The number of piperidine rings is 2. The van der Waals surface area contributed by atoms with Gasteiger partial charge in [-0.25, -0.2) is 0 Å². The molecule has 2 aliphatic heterocycles. The fourth-order valence-electron chi connectivity index (χ4n) is 3.75. The predicted molar refractivity (Wildman–Crippen MR) is 108 cm³/mol. The average Bonchev–Trinajstić information content (AvgIpc) is 2.69. The van der Waals surface area contributed by atoms with E-state index in [1.165, 1.54) is 47.7 Å². The number of hydrogen-bond acceptors (Lipinski definition) is 4. The average molecular weight is 395 g/mol. The molecule has 1 amide bonds. The van der Waals surface area contributed by atoms with Crippen LogP contribution in [-0.4, -0.2) is 63.2 Å². The molecular weight excluding hydrogens is 364 g/mol. The first-order valence-corrected chi connectivity index (χ1v) is 11.1. The summed E-state index contributed by atoms with van der Waals surface area (Å²) in [6.07, 6.45) is 5.15. The normalized spacial score (nSPS) is 22.0. The summed E-state index contributed by atoms with van der Waals surface area (Å²) in [4.78, 5) is 15.0. The van der Waals surface area contributed by atoms with Gasteiger partial charge in [0.15, 0.2) is 0 Å². The summed E-state index contributed by atoms with van der Waals surface area (Å²) < 4.78 is 27.2. The lowest BCUT2D eigenvalue weighted by atomic mass is 9.98. The van der Waals surface area contributed by atoms with E-state index in [4.69, 9.17) is 0 Å². The van der Waals surface area contributed by atoms with Crippen molar-refractivity contribution in [3.8, 4) is 0 Å². The molecule has 2 saturated heterocycles. The van der Waals surface area contributed by atoms with Crippen LogP contribution < -0.4 is 10.2 Å². The van der Waals surface area contributed by atoms with Crippen LogP contribution in [0.1, 0.15) is 32.1 Å². The van der Waals surface area contributed by atoms with Gasteiger partial charge in [0.25, 0.3) is 10.2 Å². The van der Waals surface area contributed by atoms with E-state index >= 15 is 0 Å². The van der Waals surface area contributed by atoms with Gasteiger partial charge in [-0.05, 0) is 56.4 Å². The molecule has 1 aromatic rings. The molecule has 0 spiro atoms. The van der Waals surface area contributed by atoms with Crippen LogP contribution in [-0.2, 0) is 15.0 Å². The molecule has 2 heterocycles. The number of rotatable bonds is 5. The fourth-order valence-corrected chi connectivity index (χ4v) is 4.94. The second kappa shape index (κ2) is 8.58. The van der Waals surface area contributed by atoms with E-state index < -0.39 is 10.2 Å². The Balaban J connectivity index is 1.59. The second-order valence-corrected chi connectivity index (χ2v) is 9.71. The van der Waals surface area contributed by atoms with Gasteiger partial charge in [0.05, 0.1) is 5.92 Å². The molecule has 2 fully saturated rings. The Kier molecular flexibility index (Phi) is 6.39. The highest BCUT2D eigenvalue weighted by molar-refractivity contribution is 7.86. The van der Waals surface area contributed by atoms with E-state index in [0.717, 1.165) is 18.8 Å². The molecule has 3 rings (SSSR count). The van der Waals surface area contributed by atoms with E-state index in [1.807, 2.05) is 24.3 Å². The number of anilines is 2. The van der Waals surface area contributed by atoms with Crippen LogP contribution in [0.3, 0.4) is 0 Å². The number of benzene rings is 1. The van der Waals surface area contributed by atoms with Gasteiger partial charge in [-0.15, -0.1) is 0 Å².